The molecule has 1 unspecified atom stereocenters. The van der Waals surface area contributed by atoms with Crippen molar-refractivity contribution in [2.75, 3.05) is 13.2 Å². The minimum atomic E-state index is -4.59. The van der Waals surface area contributed by atoms with E-state index in [1.165, 1.54) is 6.92 Å². The Morgan fingerprint density at radius 2 is 2.06 bits per heavy atom. The van der Waals surface area contributed by atoms with Crippen molar-refractivity contribution >= 4 is 10.4 Å². The van der Waals surface area contributed by atoms with Gasteiger partial charge < -0.3 is 20.6 Å². The lowest BCUT2D eigenvalue weighted by Crippen LogP contribution is -2.65. The molecule has 0 spiro atoms. The topological polar surface area (TPSA) is 148 Å². The van der Waals surface area contributed by atoms with Crippen LogP contribution in [-0.4, -0.2) is 72.0 Å². The van der Waals surface area contributed by atoms with E-state index in [0.29, 0.717) is 0 Å². The van der Waals surface area contributed by atoms with E-state index in [-0.39, 0.29) is 6.54 Å². The van der Waals surface area contributed by atoms with Gasteiger partial charge in [-0.3, -0.25) is 9.87 Å². The standard InChI is InChI=1S/C8H18N2O7S/c1-4(11)10-5-2-9-6(8(13)7(5)12)3-17-18(14,15)16/h4-13H,2-3H2,1H3,(H,14,15,16)/t4?,5-,6+,7+,8+/m0/s1. The molecule has 0 aliphatic carbocycles. The molecule has 1 aliphatic heterocycles. The molecule has 9 nitrogen and oxygen atoms in total. The lowest BCUT2D eigenvalue weighted by Gasteiger charge is -2.38. The van der Waals surface area contributed by atoms with Gasteiger partial charge in [0.15, 0.2) is 0 Å². The van der Waals surface area contributed by atoms with E-state index in [1.54, 1.807) is 0 Å². The fraction of sp³-hybridized carbons (Fsp3) is 1.00. The maximum absolute atomic E-state index is 10.4. The maximum atomic E-state index is 10.4. The molecule has 0 aromatic carbocycles. The molecule has 0 radical (unpaired) electrons. The van der Waals surface area contributed by atoms with E-state index in [2.05, 4.69) is 14.8 Å². The van der Waals surface area contributed by atoms with Crippen LogP contribution in [0.3, 0.4) is 0 Å². The summed E-state index contributed by atoms with van der Waals surface area (Å²) < 4.78 is 33.3. The second-order valence-corrected chi connectivity index (χ2v) is 5.25. The SMILES string of the molecule is CC(O)N[C@H]1CN[C@H](COS(=O)(=O)O)[C@@H](O)[C@@H]1O. The van der Waals surface area contributed by atoms with Crippen molar-refractivity contribution in [3.8, 4) is 0 Å². The highest BCUT2D eigenvalue weighted by atomic mass is 32.3. The molecular weight excluding hydrogens is 268 g/mol. The van der Waals surface area contributed by atoms with Crippen LogP contribution >= 0.6 is 0 Å². The third-order valence-electron chi connectivity index (χ3n) is 2.63. The van der Waals surface area contributed by atoms with Crippen LogP contribution in [0.5, 0.6) is 0 Å². The summed E-state index contributed by atoms with van der Waals surface area (Å²) >= 11 is 0. The van der Waals surface area contributed by atoms with Crippen molar-refractivity contribution in [3.63, 3.8) is 0 Å². The number of aliphatic hydroxyl groups excluding tert-OH is 3. The zero-order valence-corrected chi connectivity index (χ0v) is 10.5. The van der Waals surface area contributed by atoms with E-state index in [4.69, 9.17) is 9.66 Å². The lowest BCUT2D eigenvalue weighted by atomic mass is 9.94. The average molecular weight is 286 g/mol. The molecule has 10 heteroatoms. The first-order valence-electron chi connectivity index (χ1n) is 5.36. The summed E-state index contributed by atoms with van der Waals surface area (Å²) in [5, 5.41) is 34.0. The predicted molar refractivity (Wildman–Crippen MR) is 59.9 cm³/mol. The van der Waals surface area contributed by atoms with E-state index in [0.717, 1.165) is 0 Å². The van der Waals surface area contributed by atoms with E-state index < -0.39 is 47.5 Å². The highest BCUT2D eigenvalue weighted by Crippen LogP contribution is 2.12. The normalized spacial score (nSPS) is 35.4. The van der Waals surface area contributed by atoms with Gasteiger partial charge in [0.2, 0.25) is 0 Å². The quantitative estimate of drug-likeness (QED) is 0.227. The summed E-state index contributed by atoms with van der Waals surface area (Å²) in [5.41, 5.74) is 0. The van der Waals surface area contributed by atoms with Gasteiger partial charge >= 0.3 is 10.4 Å². The highest BCUT2D eigenvalue weighted by Gasteiger charge is 2.38. The van der Waals surface area contributed by atoms with Gasteiger partial charge in [0.1, 0.15) is 6.23 Å². The molecule has 0 aromatic heterocycles. The Bertz CT molecular complexity index is 360. The monoisotopic (exact) mass is 286 g/mol. The van der Waals surface area contributed by atoms with Crippen molar-refractivity contribution < 1.29 is 32.5 Å². The van der Waals surface area contributed by atoms with Crippen LogP contribution in [0.1, 0.15) is 6.92 Å². The van der Waals surface area contributed by atoms with Gasteiger partial charge in [0.05, 0.1) is 30.9 Å². The zero-order chi connectivity index (χ0) is 13.9. The molecule has 5 atom stereocenters. The van der Waals surface area contributed by atoms with E-state index in [1.807, 2.05) is 0 Å². The second kappa shape index (κ2) is 6.21. The third kappa shape index (κ3) is 4.74. The van der Waals surface area contributed by atoms with Crippen molar-refractivity contribution in [2.45, 2.75) is 37.4 Å². The van der Waals surface area contributed by atoms with Crippen LogP contribution in [0.4, 0.5) is 0 Å². The molecule has 0 amide bonds. The molecule has 1 heterocycles. The lowest BCUT2D eigenvalue weighted by molar-refractivity contribution is -0.0619. The third-order valence-corrected chi connectivity index (χ3v) is 3.06. The van der Waals surface area contributed by atoms with Gasteiger partial charge in [0.25, 0.3) is 0 Å². The molecule has 1 fully saturated rings. The average Bonchev–Trinajstić information content (AvgIpc) is 2.22. The molecular formula is C8H18N2O7S. The Morgan fingerprint density at radius 1 is 1.44 bits per heavy atom. The summed E-state index contributed by atoms with van der Waals surface area (Å²) in [6.07, 6.45) is -3.35. The first-order chi connectivity index (χ1) is 8.20. The first-order valence-corrected chi connectivity index (χ1v) is 6.72. The molecule has 1 aliphatic rings. The largest absolute Gasteiger partial charge is 0.397 e. The Kier molecular flexibility index (Phi) is 5.43. The van der Waals surface area contributed by atoms with Crippen molar-refractivity contribution in [1.82, 2.24) is 10.6 Å². The summed E-state index contributed by atoms with van der Waals surface area (Å²) in [6, 6.07) is -1.42. The molecule has 18 heavy (non-hydrogen) atoms. The Labute approximate surface area is 105 Å². The Morgan fingerprint density at radius 3 is 2.56 bits per heavy atom. The van der Waals surface area contributed by atoms with Crippen molar-refractivity contribution in [2.24, 2.45) is 0 Å². The Balaban J connectivity index is 2.52. The summed E-state index contributed by atoms with van der Waals surface area (Å²) in [5.74, 6) is 0. The van der Waals surface area contributed by atoms with Crippen LogP contribution in [0, 0.1) is 0 Å². The molecule has 0 bridgehead atoms. The first kappa shape index (κ1) is 15.7. The van der Waals surface area contributed by atoms with Gasteiger partial charge in [-0.15, -0.1) is 0 Å². The molecule has 108 valence electrons. The van der Waals surface area contributed by atoms with Crippen molar-refractivity contribution in [3.05, 3.63) is 0 Å². The molecule has 0 aromatic rings. The van der Waals surface area contributed by atoms with Crippen LogP contribution in [0.25, 0.3) is 0 Å². The zero-order valence-electron chi connectivity index (χ0n) is 9.72. The summed E-state index contributed by atoms with van der Waals surface area (Å²) in [6.45, 7) is 1.16. The van der Waals surface area contributed by atoms with Crippen LogP contribution in [0.15, 0.2) is 0 Å². The molecule has 1 saturated heterocycles. The number of rotatable bonds is 5. The molecule has 6 N–H and O–H groups in total. The van der Waals surface area contributed by atoms with Crippen LogP contribution in [0.2, 0.25) is 0 Å². The fourth-order valence-corrected chi connectivity index (χ4v) is 2.10. The van der Waals surface area contributed by atoms with Crippen LogP contribution in [-0.2, 0) is 14.6 Å². The molecule has 0 saturated carbocycles. The minimum Gasteiger partial charge on any atom is -0.389 e. The number of piperidine rings is 1. The van der Waals surface area contributed by atoms with E-state index in [9.17, 15) is 18.6 Å². The van der Waals surface area contributed by atoms with Gasteiger partial charge in [-0.1, -0.05) is 0 Å². The summed E-state index contributed by atoms with van der Waals surface area (Å²) in [4.78, 5) is 0. The smallest absolute Gasteiger partial charge is 0.389 e. The van der Waals surface area contributed by atoms with Crippen LogP contribution < -0.4 is 10.6 Å². The number of hydrogen-bond acceptors (Lipinski definition) is 8. The fourth-order valence-electron chi connectivity index (χ4n) is 1.78. The van der Waals surface area contributed by atoms with Gasteiger partial charge in [-0.2, -0.15) is 8.42 Å². The van der Waals surface area contributed by atoms with E-state index >= 15 is 0 Å². The maximum Gasteiger partial charge on any atom is 0.397 e. The van der Waals surface area contributed by atoms with Gasteiger partial charge in [0, 0.05) is 6.54 Å². The Hall–Kier alpha value is -0.330. The van der Waals surface area contributed by atoms with Gasteiger partial charge in [-0.25, -0.2) is 4.18 Å². The minimum absolute atomic E-state index is 0.197. The van der Waals surface area contributed by atoms with Crippen molar-refractivity contribution in [1.29, 1.82) is 0 Å². The predicted octanol–water partition coefficient (Wildman–Crippen LogP) is -3.20. The summed E-state index contributed by atoms with van der Waals surface area (Å²) in [7, 11) is -4.59. The second-order valence-electron chi connectivity index (χ2n) is 4.16. The molecule has 1 rings (SSSR count). The highest BCUT2D eigenvalue weighted by molar-refractivity contribution is 7.80. The number of aliphatic hydroxyl groups is 3. The van der Waals surface area contributed by atoms with Gasteiger partial charge in [-0.05, 0) is 6.92 Å². The number of hydrogen-bond donors (Lipinski definition) is 6. The number of nitrogens with one attached hydrogen (secondary N) is 2.